The molecule has 2 aliphatic carbocycles. The van der Waals surface area contributed by atoms with Crippen LogP contribution < -0.4 is 5.32 Å². The second kappa shape index (κ2) is 19.4. The molecule has 1 aromatic rings. The van der Waals surface area contributed by atoms with Crippen LogP contribution in [-0.4, -0.2) is 100 Å². The minimum Gasteiger partial charge on any atom is -0.390 e. The SMILES string of the molecule is CC(C)C[C@H](O)[C@H](O)[C@H](CC1CCCCC1)NC(=O)[C@@H](CC(=O)N(CC(=O)N1CCOCC1)CC1CCCCC1)Cc1cccnc1. The standard InChI is InChI=1S/C37H60N4O6/c1-27(2)20-33(42)36(45)32(22-28-10-5-3-6-11-28)39-37(46)31(21-30-14-9-15-38-24-30)23-34(43)41(25-29-12-7-4-8-13-29)26-35(44)40-16-18-47-19-17-40/h9,14-15,24,27-29,31-33,36,42,45H,3-8,10-13,16-23,25-26H2,1-2H3,(H,39,46)/t31-,32+,33+,36-/m1/s1. The van der Waals surface area contributed by atoms with Gasteiger partial charge >= 0.3 is 0 Å². The molecule has 4 atom stereocenters. The van der Waals surface area contributed by atoms with E-state index in [1.165, 1.54) is 12.8 Å². The molecular weight excluding hydrogens is 596 g/mol. The predicted octanol–water partition coefficient (Wildman–Crippen LogP) is 4.12. The highest BCUT2D eigenvalue weighted by atomic mass is 16.5. The van der Waals surface area contributed by atoms with Crippen LogP contribution in [-0.2, 0) is 25.5 Å². The van der Waals surface area contributed by atoms with Gasteiger partial charge in [0.1, 0.15) is 6.10 Å². The third-order valence-corrected chi connectivity index (χ3v) is 10.4. The number of hydrogen-bond acceptors (Lipinski definition) is 7. The van der Waals surface area contributed by atoms with Gasteiger partial charge in [-0.05, 0) is 61.5 Å². The normalized spacial score (nSPS) is 20.7. The summed E-state index contributed by atoms with van der Waals surface area (Å²) in [6.07, 6.45) is 13.7. The highest BCUT2D eigenvalue weighted by Crippen LogP contribution is 2.30. The monoisotopic (exact) mass is 656 g/mol. The summed E-state index contributed by atoms with van der Waals surface area (Å²) in [6.45, 7) is 6.55. The summed E-state index contributed by atoms with van der Waals surface area (Å²) in [5, 5.41) is 25.4. The molecule has 0 spiro atoms. The van der Waals surface area contributed by atoms with Crippen molar-refractivity contribution in [3.05, 3.63) is 30.1 Å². The quantitative estimate of drug-likeness (QED) is 0.244. The second-order valence-corrected chi connectivity index (χ2v) is 14.8. The largest absolute Gasteiger partial charge is 0.390 e. The Morgan fingerprint density at radius 3 is 2.28 bits per heavy atom. The van der Waals surface area contributed by atoms with Gasteiger partial charge in [-0.3, -0.25) is 19.4 Å². The van der Waals surface area contributed by atoms with Crippen LogP contribution in [0, 0.1) is 23.7 Å². The summed E-state index contributed by atoms with van der Waals surface area (Å²) in [4.78, 5) is 49.4. The lowest BCUT2D eigenvalue weighted by atomic mass is 9.82. The summed E-state index contributed by atoms with van der Waals surface area (Å²) in [5.41, 5.74) is 0.841. The number of hydrogen-bond donors (Lipinski definition) is 3. The average molecular weight is 657 g/mol. The smallest absolute Gasteiger partial charge is 0.242 e. The van der Waals surface area contributed by atoms with Crippen molar-refractivity contribution in [3.8, 4) is 0 Å². The van der Waals surface area contributed by atoms with Gasteiger partial charge < -0.3 is 30.1 Å². The van der Waals surface area contributed by atoms with Crippen molar-refractivity contribution in [2.24, 2.45) is 23.7 Å². The highest BCUT2D eigenvalue weighted by Gasteiger charge is 2.35. The number of ether oxygens (including phenoxy) is 1. The molecule has 3 N–H and O–H groups in total. The Hall–Kier alpha value is -2.56. The van der Waals surface area contributed by atoms with Crippen molar-refractivity contribution in [1.29, 1.82) is 0 Å². The zero-order valence-corrected chi connectivity index (χ0v) is 28.9. The Labute approximate surface area is 282 Å². The number of amides is 3. The second-order valence-electron chi connectivity index (χ2n) is 14.8. The molecule has 0 unspecified atom stereocenters. The number of carbonyl (C=O) groups excluding carboxylic acids is 3. The minimum atomic E-state index is -1.10. The Kier molecular flexibility index (Phi) is 15.4. The van der Waals surface area contributed by atoms with Crippen molar-refractivity contribution < 1.29 is 29.3 Å². The molecule has 2 saturated carbocycles. The highest BCUT2D eigenvalue weighted by molar-refractivity contribution is 5.89. The maximum absolute atomic E-state index is 14.2. The summed E-state index contributed by atoms with van der Waals surface area (Å²) >= 11 is 0. The molecular formula is C37H60N4O6. The van der Waals surface area contributed by atoms with Gasteiger partial charge in [0.25, 0.3) is 0 Å². The van der Waals surface area contributed by atoms with Crippen LogP contribution >= 0.6 is 0 Å². The van der Waals surface area contributed by atoms with Gasteiger partial charge in [-0.15, -0.1) is 0 Å². The van der Waals surface area contributed by atoms with E-state index in [0.717, 1.165) is 56.9 Å². The number of morpholine rings is 1. The van der Waals surface area contributed by atoms with E-state index in [-0.39, 0.29) is 36.6 Å². The lowest BCUT2D eigenvalue weighted by Crippen LogP contribution is -2.52. The van der Waals surface area contributed by atoms with Gasteiger partial charge in [-0.25, -0.2) is 0 Å². The van der Waals surface area contributed by atoms with E-state index in [1.54, 1.807) is 22.2 Å². The Balaban J connectivity index is 1.53. The van der Waals surface area contributed by atoms with E-state index < -0.39 is 24.2 Å². The Morgan fingerprint density at radius 2 is 1.66 bits per heavy atom. The summed E-state index contributed by atoms with van der Waals surface area (Å²) < 4.78 is 5.43. The number of aromatic nitrogens is 1. The van der Waals surface area contributed by atoms with Crippen LogP contribution in [0.15, 0.2) is 24.5 Å². The molecule has 1 saturated heterocycles. The molecule has 3 amide bonds. The summed E-state index contributed by atoms with van der Waals surface area (Å²) in [5.74, 6) is -0.417. The molecule has 264 valence electrons. The van der Waals surface area contributed by atoms with E-state index in [2.05, 4.69) is 10.3 Å². The predicted molar refractivity (Wildman–Crippen MR) is 181 cm³/mol. The molecule has 47 heavy (non-hydrogen) atoms. The first kappa shape index (κ1) is 37.3. The molecule has 3 aliphatic rings. The van der Waals surface area contributed by atoms with E-state index in [0.29, 0.717) is 63.9 Å². The number of rotatable bonds is 16. The molecule has 1 aromatic heterocycles. The average Bonchev–Trinajstić information content (AvgIpc) is 3.08. The van der Waals surface area contributed by atoms with Crippen molar-refractivity contribution in [2.75, 3.05) is 39.4 Å². The first-order valence-corrected chi connectivity index (χ1v) is 18.4. The van der Waals surface area contributed by atoms with Crippen molar-refractivity contribution >= 4 is 17.7 Å². The number of pyridine rings is 1. The fourth-order valence-electron chi connectivity index (χ4n) is 7.67. The van der Waals surface area contributed by atoms with Crippen LogP contribution in [0.25, 0.3) is 0 Å². The van der Waals surface area contributed by atoms with Gasteiger partial charge in [0.15, 0.2) is 0 Å². The summed E-state index contributed by atoms with van der Waals surface area (Å²) in [6, 6.07) is 3.10. The van der Waals surface area contributed by atoms with E-state index >= 15 is 0 Å². The van der Waals surface area contributed by atoms with Crippen LogP contribution in [0.5, 0.6) is 0 Å². The first-order chi connectivity index (χ1) is 22.7. The third kappa shape index (κ3) is 12.4. The molecule has 10 nitrogen and oxygen atoms in total. The number of aliphatic hydroxyl groups is 2. The van der Waals surface area contributed by atoms with Crippen molar-refractivity contribution in [3.63, 3.8) is 0 Å². The first-order valence-electron chi connectivity index (χ1n) is 18.4. The molecule has 0 radical (unpaired) electrons. The van der Waals surface area contributed by atoms with E-state index in [9.17, 15) is 24.6 Å². The molecule has 3 fully saturated rings. The zero-order valence-electron chi connectivity index (χ0n) is 28.9. The van der Waals surface area contributed by atoms with E-state index in [4.69, 9.17) is 4.74 Å². The maximum atomic E-state index is 14.2. The fraction of sp³-hybridized carbons (Fsp3) is 0.784. The number of nitrogens with zero attached hydrogens (tertiary/aromatic N) is 3. The van der Waals surface area contributed by atoms with Gasteiger partial charge in [-0.2, -0.15) is 0 Å². The topological polar surface area (TPSA) is 132 Å². The Morgan fingerprint density at radius 1 is 1.00 bits per heavy atom. The third-order valence-electron chi connectivity index (χ3n) is 10.4. The minimum absolute atomic E-state index is 0.000971. The molecule has 0 aromatic carbocycles. The molecule has 4 rings (SSSR count). The Bertz CT molecular complexity index is 1090. The van der Waals surface area contributed by atoms with Crippen LogP contribution in [0.4, 0.5) is 0 Å². The lowest BCUT2D eigenvalue weighted by molar-refractivity contribution is -0.145. The van der Waals surface area contributed by atoms with Gasteiger partial charge in [-0.1, -0.05) is 71.3 Å². The van der Waals surface area contributed by atoms with Gasteiger partial charge in [0.05, 0.1) is 37.8 Å². The van der Waals surface area contributed by atoms with Crippen molar-refractivity contribution in [1.82, 2.24) is 20.1 Å². The molecule has 0 bridgehead atoms. The number of nitrogens with one attached hydrogen (secondary N) is 1. The summed E-state index contributed by atoms with van der Waals surface area (Å²) in [7, 11) is 0. The van der Waals surface area contributed by atoms with Crippen LogP contribution in [0.3, 0.4) is 0 Å². The molecule has 1 aliphatic heterocycles. The maximum Gasteiger partial charge on any atom is 0.242 e. The van der Waals surface area contributed by atoms with Crippen LogP contribution in [0.2, 0.25) is 0 Å². The van der Waals surface area contributed by atoms with Crippen LogP contribution in [0.1, 0.15) is 103 Å². The van der Waals surface area contributed by atoms with E-state index in [1.807, 2.05) is 26.0 Å². The van der Waals surface area contributed by atoms with Crippen molar-refractivity contribution in [2.45, 2.75) is 122 Å². The zero-order chi connectivity index (χ0) is 33.6. The molecule has 2 heterocycles. The number of aliphatic hydroxyl groups excluding tert-OH is 2. The van der Waals surface area contributed by atoms with Gasteiger partial charge in [0.2, 0.25) is 17.7 Å². The lowest BCUT2D eigenvalue weighted by Gasteiger charge is -2.34. The fourth-order valence-corrected chi connectivity index (χ4v) is 7.67. The number of carbonyl (C=O) groups is 3. The van der Waals surface area contributed by atoms with Gasteiger partial charge in [0, 0.05) is 38.4 Å². The molecule has 10 heteroatoms.